The fraction of sp³-hybridized carbons (Fsp3) is 0.481. The van der Waals surface area contributed by atoms with Gasteiger partial charge in [0.05, 0.1) is 10.0 Å². The molecule has 0 heterocycles. The fourth-order valence-corrected chi connectivity index (χ4v) is 4.72. The first-order valence-electron chi connectivity index (χ1n) is 12.0. The van der Waals surface area contributed by atoms with Gasteiger partial charge in [-0.3, -0.25) is 9.59 Å². The van der Waals surface area contributed by atoms with E-state index in [0.29, 0.717) is 22.2 Å². The Morgan fingerprint density at radius 2 is 1.82 bits per heavy atom. The first-order chi connectivity index (χ1) is 16.3. The van der Waals surface area contributed by atoms with Crippen LogP contribution in [0.1, 0.15) is 62.1 Å². The van der Waals surface area contributed by atoms with Crippen molar-refractivity contribution < 1.29 is 14.3 Å². The molecule has 1 N–H and O–H groups in total. The van der Waals surface area contributed by atoms with E-state index in [1.807, 2.05) is 45.0 Å². The molecule has 3 rings (SSSR count). The Hall–Kier alpha value is -2.24. The maximum atomic E-state index is 13.4. The molecular weight excluding hydrogens is 471 g/mol. The van der Waals surface area contributed by atoms with Crippen molar-refractivity contribution in [3.05, 3.63) is 63.1 Å². The van der Waals surface area contributed by atoms with Crippen LogP contribution in [0.15, 0.2) is 36.4 Å². The van der Waals surface area contributed by atoms with E-state index in [9.17, 15) is 9.59 Å². The first-order valence-corrected chi connectivity index (χ1v) is 12.8. The highest BCUT2D eigenvalue weighted by Crippen LogP contribution is 2.25. The highest BCUT2D eigenvalue weighted by Gasteiger charge is 2.30. The zero-order valence-electron chi connectivity index (χ0n) is 20.2. The molecule has 1 fully saturated rings. The lowest BCUT2D eigenvalue weighted by molar-refractivity contribution is -0.143. The Bertz CT molecular complexity index is 1010. The minimum atomic E-state index is -0.605. The summed E-state index contributed by atoms with van der Waals surface area (Å²) in [5.41, 5.74) is 2.89. The Labute approximate surface area is 212 Å². The number of hydrogen-bond acceptors (Lipinski definition) is 3. The molecular formula is C27H34Cl2N2O3. The van der Waals surface area contributed by atoms with Gasteiger partial charge in [0.25, 0.3) is 5.91 Å². The van der Waals surface area contributed by atoms with Crippen molar-refractivity contribution >= 4 is 35.0 Å². The molecule has 1 aliphatic rings. The largest absolute Gasteiger partial charge is 0.483 e. The van der Waals surface area contributed by atoms with Crippen LogP contribution in [0.25, 0.3) is 0 Å². The van der Waals surface area contributed by atoms with Gasteiger partial charge in [0.15, 0.2) is 6.61 Å². The van der Waals surface area contributed by atoms with E-state index >= 15 is 0 Å². The molecule has 1 saturated carbocycles. The average molecular weight is 505 g/mol. The van der Waals surface area contributed by atoms with Crippen LogP contribution in [-0.4, -0.2) is 35.4 Å². The smallest absolute Gasteiger partial charge is 0.261 e. The average Bonchev–Trinajstić information content (AvgIpc) is 2.82. The number of amides is 2. The van der Waals surface area contributed by atoms with Gasteiger partial charge in [-0.15, -0.1) is 0 Å². The van der Waals surface area contributed by atoms with Crippen molar-refractivity contribution in [3.63, 3.8) is 0 Å². The third-order valence-corrected chi connectivity index (χ3v) is 7.32. The van der Waals surface area contributed by atoms with Crippen LogP contribution in [0, 0.1) is 13.8 Å². The van der Waals surface area contributed by atoms with E-state index in [1.54, 1.807) is 17.0 Å². The summed E-state index contributed by atoms with van der Waals surface area (Å²) in [6, 6.07) is 10.6. The van der Waals surface area contributed by atoms with Crippen molar-refractivity contribution in [2.45, 2.75) is 77.9 Å². The predicted molar refractivity (Wildman–Crippen MR) is 138 cm³/mol. The first kappa shape index (κ1) is 26.4. The Morgan fingerprint density at radius 1 is 1.09 bits per heavy atom. The molecule has 2 aromatic carbocycles. The lowest BCUT2D eigenvalue weighted by atomic mass is 9.95. The highest BCUT2D eigenvalue weighted by atomic mass is 35.5. The molecule has 184 valence electrons. The molecule has 2 aromatic rings. The Morgan fingerprint density at radius 3 is 2.50 bits per heavy atom. The molecule has 7 heteroatoms. The third-order valence-electron chi connectivity index (χ3n) is 6.58. The van der Waals surface area contributed by atoms with Gasteiger partial charge in [0, 0.05) is 12.6 Å². The molecule has 34 heavy (non-hydrogen) atoms. The normalized spacial score (nSPS) is 15.0. The van der Waals surface area contributed by atoms with Crippen molar-refractivity contribution in [1.29, 1.82) is 0 Å². The number of carbonyl (C=O) groups excluding carboxylic acids is 2. The summed E-state index contributed by atoms with van der Waals surface area (Å²) in [5.74, 6) is 0.301. The van der Waals surface area contributed by atoms with Crippen LogP contribution in [0.3, 0.4) is 0 Å². The molecule has 1 aliphatic carbocycles. The fourth-order valence-electron chi connectivity index (χ4n) is 4.40. The second-order valence-electron chi connectivity index (χ2n) is 9.02. The summed E-state index contributed by atoms with van der Waals surface area (Å²) < 4.78 is 5.90. The van der Waals surface area contributed by atoms with Crippen molar-refractivity contribution in [3.8, 4) is 5.75 Å². The van der Waals surface area contributed by atoms with E-state index in [4.69, 9.17) is 27.9 Å². The molecule has 0 aromatic heterocycles. The van der Waals surface area contributed by atoms with Gasteiger partial charge in [-0.1, -0.05) is 67.6 Å². The molecule has 0 radical (unpaired) electrons. The van der Waals surface area contributed by atoms with Crippen LogP contribution in [0.5, 0.6) is 5.75 Å². The lowest BCUT2D eigenvalue weighted by Crippen LogP contribution is -2.52. The number of ether oxygens (including phenoxy) is 1. The zero-order chi connectivity index (χ0) is 24.7. The quantitative estimate of drug-likeness (QED) is 0.439. The number of carbonyl (C=O) groups is 2. The molecule has 0 unspecified atom stereocenters. The van der Waals surface area contributed by atoms with E-state index in [-0.39, 0.29) is 31.0 Å². The van der Waals surface area contributed by atoms with Crippen LogP contribution in [0.4, 0.5) is 0 Å². The van der Waals surface area contributed by atoms with Crippen LogP contribution in [-0.2, 0) is 16.1 Å². The van der Waals surface area contributed by atoms with Gasteiger partial charge in [-0.2, -0.15) is 0 Å². The van der Waals surface area contributed by atoms with E-state index in [2.05, 4.69) is 5.32 Å². The SMILES string of the molecule is CC[C@@H](C(=O)NC1CCCCC1)N(Cc1ccc(Cl)c(Cl)c1)C(=O)COc1cccc(C)c1C. The van der Waals surface area contributed by atoms with Gasteiger partial charge < -0.3 is 15.0 Å². The maximum Gasteiger partial charge on any atom is 0.261 e. The molecule has 2 amide bonds. The third kappa shape index (κ3) is 6.89. The maximum absolute atomic E-state index is 13.4. The minimum absolute atomic E-state index is 0.116. The second-order valence-corrected chi connectivity index (χ2v) is 9.84. The molecule has 1 atom stereocenters. The molecule has 5 nitrogen and oxygen atoms in total. The Balaban J connectivity index is 1.80. The van der Waals surface area contributed by atoms with Gasteiger partial charge in [-0.05, 0) is 68.0 Å². The number of nitrogens with zero attached hydrogens (tertiary/aromatic N) is 1. The summed E-state index contributed by atoms with van der Waals surface area (Å²) >= 11 is 12.3. The topological polar surface area (TPSA) is 58.6 Å². The summed E-state index contributed by atoms with van der Waals surface area (Å²) in [7, 11) is 0. The molecule has 0 bridgehead atoms. The molecule has 0 saturated heterocycles. The lowest BCUT2D eigenvalue weighted by Gasteiger charge is -2.32. The summed E-state index contributed by atoms with van der Waals surface area (Å²) in [5, 5.41) is 4.04. The van der Waals surface area contributed by atoms with Crippen LogP contribution in [0.2, 0.25) is 10.0 Å². The summed E-state index contributed by atoms with van der Waals surface area (Å²) in [6.07, 6.45) is 5.92. The minimum Gasteiger partial charge on any atom is -0.483 e. The van der Waals surface area contributed by atoms with Gasteiger partial charge in [0.1, 0.15) is 11.8 Å². The summed E-state index contributed by atoms with van der Waals surface area (Å²) in [4.78, 5) is 28.3. The zero-order valence-corrected chi connectivity index (χ0v) is 21.7. The van der Waals surface area contributed by atoms with Crippen molar-refractivity contribution in [2.24, 2.45) is 0 Å². The van der Waals surface area contributed by atoms with Gasteiger partial charge in [0.2, 0.25) is 5.91 Å². The van der Waals surface area contributed by atoms with Gasteiger partial charge >= 0.3 is 0 Å². The van der Waals surface area contributed by atoms with E-state index in [0.717, 1.165) is 42.4 Å². The van der Waals surface area contributed by atoms with E-state index in [1.165, 1.54) is 6.42 Å². The Kier molecular flexibility index (Phi) is 9.66. The van der Waals surface area contributed by atoms with Crippen LogP contribution < -0.4 is 10.1 Å². The molecule has 0 aliphatic heterocycles. The standard InChI is InChI=1S/C27H34Cl2N2O3/c1-4-24(27(33)30-21-10-6-5-7-11-21)31(16-20-13-14-22(28)23(29)15-20)26(32)17-34-25-12-8-9-18(2)19(25)3/h8-9,12-15,21,24H,4-7,10-11,16-17H2,1-3H3,(H,30,33)/t24-/m0/s1. The number of nitrogens with one attached hydrogen (secondary N) is 1. The monoisotopic (exact) mass is 504 g/mol. The van der Waals surface area contributed by atoms with E-state index < -0.39 is 6.04 Å². The number of benzene rings is 2. The van der Waals surface area contributed by atoms with Crippen molar-refractivity contribution in [2.75, 3.05) is 6.61 Å². The van der Waals surface area contributed by atoms with Gasteiger partial charge in [-0.25, -0.2) is 0 Å². The number of halogens is 2. The summed E-state index contributed by atoms with van der Waals surface area (Å²) in [6.45, 7) is 5.98. The second kappa shape index (κ2) is 12.5. The number of rotatable bonds is 9. The van der Waals surface area contributed by atoms with Crippen LogP contribution >= 0.6 is 23.2 Å². The number of hydrogen-bond donors (Lipinski definition) is 1. The molecule has 0 spiro atoms. The highest BCUT2D eigenvalue weighted by molar-refractivity contribution is 6.42. The van der Waals surface area contributed by atoms with Crippen molar-refractivity contribution in [1.82, 2.24) is 10.2 Å². The predicted octanol–water partition coefficient (Wildman–Crippen LogP) is 6.25. The number of aryl methyl sites for hydroxylation is 1.